The summed E-state index contributed by atoms with van der Waals surface area (Å²) in [5, 5.41) is 0. The molecule has 160 valence electrons. The number of piperidine rings is 2. The molecule has 2 aliphatic rings. The molecule has 1 atom stereocenters. The van der Waals surface area contributed by atoms with Crippen LogP contribution < -0.4 is 0 Å². The van der Waals surface area contributed by atoms with Crippen molar-refractivity contribution in [1.82, 2.24) is 9.80 Å². The summed E-state index contributed by atoms with van der Waals surface area (Å²) in [4.78, 5) is 28.7. The largest absolute Gasteiger partial charge is 0.450 e. The molecular weight excluding hydrogens is 385 g/mol. The Morgan fingerprint density at radius 2 is 1.72 bits per heavy atom. The fraction of sp³-hybridized carbons (Fsp3) is 0.619. The molecule has 0 spiro atoms. The maximum atomic E-state index is 12.8. The first-order valence-electron chi connectivity index (χ1n) is 10.2. The molecule has 0 aliphatic carbocycles. The third kappa shape index (κ3) is 5.29. The van der Waals surface area contributed by atoms with Crippen molar-refractivity contribution in [2.75, 3.05) is 32.8 Å². The number of benzene rings is 1. The van der Waals surface area contributed by atoms with Crippen molar-refractivity contribution in [2.45, 2.75) is 44.8 Å². The molecule has 2 heterocycles. The number of rotatable bonds is 4. The van der Waals surface area contributed by atoms with E-state index in [0.717, 1.165) is 44.4 Å². The molecule has 2 saturated heterocycles. The number of carbonyl (C=O) groups excluding carboxylic acids is 2. The second-order valence-electron chi connectivity index (χ2n) is 7.69. The number of likely N-dealkylation sites (tertiary alicyclic amines) is 2. The van der Waals surface area contributed by atoms with Gasteiger partial charge >= 0.3 is 12.3 Å². The lowest BCUT2D eigenvalue weighted by atomic mass is 9.88. The molecule has 2 fully saturated rings. The quantitative estimate of drug-likeness (QED) is 0.695. The predicted molar refractivity (Wildman–Crippen MR) is 102 cm³/mol. The number of hydrogen-bond donors (Lipinski definition) is 0. The van der Waals surface area contributed by atoms with E-state index in [2.05, 4.69) is 4.90 Å². The van der Waals surface area contributed by atoms with Gasteiger partial charge in [-0.3, -0.25) is 9.69 Å². The van der Waals surface area contributed by atoms with E-state index in [1.54, 1.807) is 11.8 Å². The minimum Gasteiger partial charge on any atom is -0.450 e. The zero-order chi connectivity index (χ0) is 21.0. The number of amides is 1. The molecule has 2 aliphatic heterocycles. The number of carbonyl (C=O) groups is 2. The first-order valence-corrected chi connectivity index (χ1v) is 10.2. The van der Waals surface area contributed by atoms with Crippen LogP contribution in [-0.2, 0) is 10.9 Å². The van der Waals surface area contributed by atoms with Gasteiger partial charge in [0.25, 0.3) is 0 Å². The van der Waals surface area contributed by atoms with Crippen molar-refractivity contribution < 1.29 is 27.5 Å². The number of hydrogen-bond acceptors (Lipinski definition) is 4. The van der Waals surface area contributed by atoms with E-state index in [1.165, 1.54) is 12.1 Å². The first-order chi connectivity index (χ1) is 13.8. The van der Waals surface area contributed by atoms with E-state index in [-0.39, 0.29) is 17.8 Å². The number of halogens is 3. The molecule has 8 heteroatoms. The average Bonchev–Trinajstić information content (AvgIpc) is 2.73. The highest BCUT2D eigenvalue weighted by Crippen LogP contribution is 2.30. The van der Waals surface area contributed by atoms with Crippen molar-refractivity contribution in [1.29, 1.82) is 0 Å². The maximum Gasteiger partial charge on any atom is 0.416 e. The lowest BCUT2D eigenvalue weighted by molar-refractivity contribution is -0.137. The summed E-state index contributed by atoms with van der Waals surface area (Å²) < 4.78 is 43.2. The normalized spacial score (nSPS) is 21.8. The predicted octanol–water partition coefficient (Wildman–Crippen LogP) is 4.22. The Hall–Kier alpha value is -2.09. The van der Waals surface area contributed by atoms with Crippen LogP contribution in [0.25, 0.3) is 0 Å². The summed E-state index contributed by atoms with van der Waals surface area (Å²) in [6.45, 7) is 4.94. The Labute approximate surface area is 168 Å². The molecule has 0 saturated carbocycles. The number of Topliss-reactive ketones (excluding diaryl/α,β-unsaturated/α-hetero) is 1. The van der Waals surface area contributed by atoms with Crippen LogP contribution in [-0.4, -0.2) is 60.5 Å². The highest BCUT2D eigenvalue weighted by atomic mass is 19.4. The van der Waals surface area contributed by atoms with Crippen LogP contribution in [0.1, 0.15) is 48.5 Å². The van der Waals surface area contributed by atoms with Gasteiger partial charge in [-0.15, -0.1) is 0 Å². The number of nitrogens with zero attached hydrogens (tertiary/aromatic N) is 2. The molecule has 0 aromatic heterocycles. The van der Waals surface area contributed by atoms with Crippen molar-refractivity contribution in [3.8, 4) is 0 Å². The Kier molecular flexibility index (Phi) is 6.82. The lowest BCUT2D eigenvalue weighted by Crippen LogP contribution is -2.50. The third-order valence-electron chi connectivity index (χ3n) is 5.83. The van der Waals surface area contributed by atoms with Gasteiger partial charge in [0, 0.05) is 37.2 Å². The lowest BCUT2D eigenvalue weighted by Gasteiger charge is -2.41. The van der Waals surface area contributed by atoms with Crippen LogP contribution in [0.4, 0.5) is 18.0 Å². The van der Waals surface area contributed by atoms with Crippen LogP contribution in [0.2, 0.25) is 0 Å². The Balaban J connectivity index is 1.57. The maximum absolute atomic E-state index is 12.8. The van der Waals surface area contributed by atoms with E-state index in [0.29, 0.717) is 37.8 Å². The molecular formula is C21H27F3N2O3. The molecule has 0 radical (unpaired) electrons. The summed E-state index contributed by atoms with van der Waals surface area (Å²) in [5.74, 6) is -0.295. The Morgan fingerprint density at radius 3 is 2.31 bits per heavy atom. The minimum atomic E-state index is -4.40. The van der Waals surface area contributed by atoms with E-state index < -0.39 is 11.7 Å². The summed E-state index contributed by atoms with van der Waals surface area (Å²) >= 11 is 0. The van der Waals surface area contributed by atoms with Crippen molar-refractivity contribution in [2.24, 2.45) is 5.92 Å². The van der Waals surface area contributed by atoms with Gasteiger partial charge in [0.1, 0.15) is 0 Å². The summed E-state index contributed by atoms with van der Waals surface area (Å²) in [5.41, 5.74) is -0.408. The fourth-order valence-corrected chi connectivity index (χ4v) is 4.24. The van der Waals surface area contributed by atoms with Gasteiger partial charge < -0.3 is 9.64 Å². The molecule has 5 nitrogen and oxygen atoms in total. The van der Waals surface area contributed by atoms with Crippen LogP contribution in [0.15, 0.2) is 24.3 Å². The Morgan fingerprint density at radius 1 is 1.07 bits per heavy atom. The van der Waals surface area contributed by atoms with Crippen LogP contribution in [0.5, 0.6) is 0 Å². The highest BCUT2D eigenvalue weighted by Gasteiger charge is 2.34. The molecule has 1 amide bonds. The number of alkyl halides is 3. The van der Waals surface area contributed by atoms with Gasteiger partial charge in [-0.2, -0.15) is 13.2 Å². The smallest absolute Gasteiger partial charge is 0.416 e. The van der Waals surface area contributed by atoms with E-state index in [9.17, 15) is 22.8 Å². The molecule has 0 unspecified atom stereocenters. The van der Waals surface area contributed by atoms with E-state index in [4.69, 9.17) is 4.74 Å². The third-order valence-corrected chi connectivity index (χ3v) is 5.83. The summed E-state index contributed by atoms with van der Waals surface area (Å²) in [6.07, 6.45) is -1.38. The van der Waals surface area contributed by atoms with E-state index >= 15 is 0 Å². The topological polar surface area (TPSA) is 49.9 Å². The van der Waals surface area contributed by atoms with Crippen LogP contribution in [0.3, 0.4) is 0 Å². The molecule has 1 aromatic carbocycles. The molecule has 0 N–H and O–H groups in total. The summed E-state index contributed by atoms with van der Waals surface area (Å²) in [7, 11) is 0. The van der Waals surface area contributed by atoms with E-state index in [1.807, 2.05) is 0 Å². The highest BCUT2D eigenvalue weighted by molar-refractivity contribution is 5.98. The van der Waals surface area contributed by atoms with Crippen LogP contribution in [0, 0.1) is 5.92 Å². The van der Waals surface area contributed by atoms with Gasteiger partial charge in [0.05, 0.1) is 12.2 Å². The SMILES string of the molecule is CCOC(=O)N1CCC(N2CCC[C@@H](C(=O)c3ccc(C(F)(F)F)cc3)C2)CC1. The van der Waals surface area contributed by atoms with Gasteiger partial charge in [-0.05, 0) is 51.3 Å². The van der Waals surface area contributed by atoms with Gasteiger partial charge in [0.2, 0.25) is 0 Å². The van der Waals surface area contributed by atoms with Gasteiger partial charge in [-0.25, -0.2) is 4.79 Å². The second-order valence-corrected chi connectivity index (χ2v) is 7.69. The van der Waals surface area contributed by atoms with Crippen molar-refractivity contribution in [3.05, 3.63) is 35.4 Å². The first kappa shape index (κ1) is 21.6. The van der Waals surface area contributed by atoms with Gasteiger partial charge in [0.15, 0.2) is 5.78 Å². The average molecular weight is 412 g/mol. The van der Waals surface area contributed by atoms with Crippen LogP contribution >= 0.6 is 0 Å². The monoisotopic (exact) mass is 412 g/mol. The molecule has 1 aromatic rings. The molecule has 0 bridgehead atoms. The Bertz CT molecular complexity index is 713. The number of ether oxygens (including phenoxy) is 1. The number of ketones is 1. The zero-order valence-corrected chi connectivity index (χ0v) is 16.6. The standard InChI is InChI=1S/C21H27F3N2O3/c1-2-29-20(28)25-12-9-18(10-13-25)26-11-3-4-16(14-26)19(27)15-5-7-17(8-6-15)21(22,23)24/h5-8,16,18H,2-4,9-14H2,1H3/t16-/m1/s1. The zero-order valence-electron chi connectivity index (χ0n) is 16.6. The molecule has 29 heavy (non-hydrogen) atoms. The fourth-order valence-electron chi connectivity index (χ4n) is 4.24. The van der Waals surface area contributed by atoms with Crippen molar-refractivity contribution in [3.63, 3.8) is 0 Å². The van der Waals surface area contributed by atoms with Gasteiger partial charge in [-0.1, -0.05) is 12.1 Å². The van der Waals surface area contributed by atoms with Crippen molar-refractivity contribution >= 4 is 11.9 Å². The minimum absolute atomic E-state index is 0.0904. The summed E-state index contributed by atoms with van der Waals surface area (Å²) in [6, 6.07) is 4.81. The molecule has 3 rings (SSSR count). The second kappa shape index (κ2) is 9.15.